The molecule has 12 heteroatoms. The molecule has 3 aromatic heterocycles. The van der Waals surface area contributed by atoms with E-state index in [1.54, 1.807) is 31.8 Å². The lowest BCUT2D eigenvalue weighted by Crippen LogP contribution is -2.31. The lowest BCUT2D eigenvalue weighted by atomic mass is 10.0. The molecule has 0 bridgehead atoms. The van der Waals surface area contributed by atoms with Gasteiger partial charge < -0.3 is 4.57 Å². The van der Waals surface area contributed by atoms with E-state index in [9.17, 15) is 22.8 Å². The number of halogens is 3. The summed E-state index contributed by atoms with van der Waals surface area (Å²) in [6.45, 7) is 3.03. The average molecular weight is 445 g/mol. The molecule has 0 saturated heterocycles. The van der Waals surface area contributed by atoms with E-state index in [-0.39, 0.29) is 28.3 Å². The SMILES string of the molecule is CC(C)c1nn(CC(=O)Nc2ncc3c(ncn3C)n2)c(=O)c2ccc(C(F)(F)F)cc12. The van der Waals surface area contributed by atoms with Crippen LogP contribution in [0, 0.1) is 0 Å². The van der Waals surface area contributed by atoms with Crippen LogP contribution in [0.25, 0.3) is 21.9 Å². The van der Waals surface area contributed by atoms with Crippen LogP contribution in [0.5, 0.6) is 0 Å². The van der Waals surface area contributed by atoms with Gasteiger partial charge in [-0.2, -0.15) is 23.3 Å². The number of aromatic nitrogens is 6. The number of nitrogens with one attached hydrogen (secondary N) is 1. The number of amides is 1. The number of aryl methyl sites for hydroxylation is 1. The van der Waals surface area contributed by atoms with Gasteiger partial charge in [0, 0.05) is 12.4 Å². The van der Waals surface area contributed by atoms with Crippen LogP contribution in [0.3, 0.4) is 0 Å². The molecule has 32 heavy (non-hydrogen) atoms. The predicted octanol–water partition coefficient (Wildman–Crippen LogP) is 2.85. The van der Waals surface area contributed by atoms with E-state index in [1.807, 2.05) is 0 Å². The molecule has 0 unspecified atom stereocenters. The van der Waals surface area contributed by atoms with Crippen molar-refractivity contribution < 1.29 is 18.0 Å². The number of rotatable bonds is 4. The number of carbonyl (C=O) groups excluding carboxylic acids is 1. The molecular weight excluding hydrogens is 427 g/mol. The van der Waals surface area contributed by atoms with Crippen molar-refractivity contribution in [3.8, 4) is 0 Å². The van der Waals surface area contributed by atoms with Crippen LogP contribution in [-0.4, -0.2) is 35.2 Å². The van der Waals surface area contributed by atoms with Crippen molar-refractivity contribution in [3.63, 3.8) is 0 Å². The zero-order valence-corrected chi connectivity index (χ0v) is 17.3. The fraction of sp³-hybridized carbons (Fsp3) is 0.300. The molecule has 4 rings (SSSR count). The number of fused-ring (bicyclic) bond motifs is 2. The van der Waals surface area contributed by atoms with E-state index in [1.165, 1.54) is 6.20 Å². The molecular formula is C20H18F3N7O2. The van der Waals surface area contributed by atoms with Gasteiger partial charge in [0.2, 0.25) is 11.9 Å². The Labute approximate surface area is 178 Å². The van der Waals surface area contributed by atoms with E-state index in [2.05, 4.69) is 25.4 Å². The first-order valence-electron chi connectivity index (χ1n) is 9.60. The van der Waals surface area contributed by atoms with E-state index in [4.69, 9.17) is 0 Å². The predicted molar refractivity (Wildman–Crippen MR) is 110 cm³/mol. The van der Waals surface area contributed by atoms with Crippen molar-refractivity contribution in [2.45, 2.75) is 32.5 Å². The van der Waals surface area contributed by atoms with Crippen molar-refractivity contribution in [1.29, 1.82) is 0 Å². The number of nitrogens with zero attached hydrogens (tertiary/aromatic N) is 6. The second-order valence-electron chi connectivity index (χ2n) is 7.57. The Morgan fingerprint density at radius 3 is 2.62 bits per heavy atom. The molecule has 0 aliphatic heterocycles. The maximum Gasteiger partial charge on any atom is 0.416 e. The Morgan fingerprint density at radius 2 is 1.94 bits per heavy atom. The van der Waals surface area contributed by atoms with Gasteiger partial charge >= 0.3 is 6.18 Å². The maximum atomic E-state index is 13.1. The monoisotopic (exact) mass is 445 g/mol. The summed E-state index contributed by atoms with van der Waals surface area (Å²) in [5.41, 5.74) is -0.193. The summed E-state index contributed by atoms with van der Waals surface area (Å²) >= 11 is 0. The quantitative estimate of drug-likeness (QED) is 0.518. The molecule has 0 fully saturated rings. The zero-order chi connectivity index (χ0) is 23.2. The van der Waals surface area contributed by atoms with Crippen LogP contribution < -0.4 is 10.9 Å². The van der Waals surface area contributed by atoms with E-state index < -0.39 is 29.8 Å². The van der Waals surface area contributed by atoms with Gasteiger partial charge in [0.1, 0.15) is 12.1 Å². The number of hydrogen-bond acceptors (Lipinski definition) is 6. The summed E-state index contributed by atoms with van der Waals surface area (Å²) in [6, 6.07) is 2.87. The Morgan fingerprint density at radius 1 is 1.19 bits per heavy atom. The van der Waals surface area contributed by atoms with Crippen molar-refractivity contribution >= 4 is 33.8 Å². The third-order valence-corrected chi connectivity index (χ3v) is 4.89. The van der Waals surface area contributed by atoms with Crippen molar-refractivity contribution in [1.82, 2.24) is 29.3 Å². The second kappa shape index (κ2) is 7.70. The molecule has 0 atom stereocenters. The molecule has 1 amide bonds. The first kappa shape index (κ1) is 21.4. The summed E-state index contributed by atoms with van der Waals surface area (Å²) in [6.07, 6.45) is -1.49. The smallest absolute Gasteiger partial charge is 0.331 e. The number of anilines is 1. The van der Waals surface area contributed by atoms with Gasteiger partial charge in [0.25, 0.3) is 5.56 Å². The largest absolute Gasteiger partial charge is 0.416 e. The third kappa shape index (κ3) is 3.90. The van der Waals surface area contributed by atoms with Crippen molar-refractivity contribution in [3.05, 3.63) is 52.3 Å². The first-order valence-corrected chi connectivity index (χ1v) is 9.60. The number of benzene rings is 1. The highest BCUT2D eigenvalue weighted by atomic mass is 19.4. The molecule has 0 aliphatic rings. The van der Waals surface area contributed by atoms with Crippen LogP contribution in [0.15, 0.2) is 35.5 Å². The van der Waals surface area contributed by atoms with Gasteiger partial charge in [0.15, 0.2) is 5.65 Å². The fourth-order valence-electron chi connectivity index (χ4n) is 3.30. The summed E-state index contributed by atoms with van der Waals surface area (Å²) in [5.74, 6) is -0.893. The number of imidazole rings is 1. The van der Waals surface area contributed by atoms with Gasteiger partial charge in [-0.3, -0.25) is 14.9 Å². The van der Waals surface area contributed by atoms with E-state index in [0.717, 1.165) is 22.9 Å². The van der Waals surface area contributed by atoms with E-state index in [0.29, 0.717) is 11.2 Å². The van der Waals surface area contributed by atoms with Gasteiger partial charge in [-0.05, 0) is 24.1 Å². The normalized spacial score (nSPS) is 12.1. The Balaban J connectivity index is 1.67. The second-order valence-corrected chi connectivity index (χ2v) is 7.57. The standard InChI is InChI=1S/C20H18F3N7O2/c1-10(2)16-13-6-11(20(21,22)23)4-5-12(13)18(32)30(28-16)8-15(31)26-19-24-7-14-17(27-19)25-9-29(14)3/h4-7,9-10H,8H2,1-3H3,(H,24,26,27,31). The van der Waals surface area contributed by atoms with Gasteiger partial charge in [-0.1, -0.05) is 13.8 Å². The Bertz CT molecular complexity index is 1410. The van der Waals surface area contributed by atoms with Gasteiger partial charge in [0.05, 0.1) is 29.2 Å². The van der Waals surface area contributed by atoms with Gasteiger partial charge in [-0.15, -0.1) is 0 Å². The van der Waals surface area contributed by atoms with Crippen LogP contribution in [0.1, 0.15) is 31.0 Å². The van der Waals surface area contributed by atoms with Crippen LogP contribution >= 0.6 is 0 Å². The topological polar surface area (TPSA) is 108 Å². The lowest BCUT2D eigenvalue weighted by Gasteiger charge is -2.15. The molecule has 0 aliphatic carbocycles. The van der Waals surface area contributed by atoms with Crippen LogP contribution in [0.2, 0.25) is 0 Å². The summed E-state index contributed by atoms with van der Waals surface area (Å²) in [5, 5.41) is 6.83. The highest BCUT2D eigenvalue weighted by Crippen LogP contribution is 2.32. The zero-order valence-electron chi connectivity index (χ0n) is 17.3. The van der Waals surface area contributed by atoms with Gasteiger partial charge in [-0.25, -0.2) is 14.6 Å². The highest BCUT2D eigenvalue weighted by Gasteiger charge is 2.31. The van der Waals surface area contributed by atoms with E-state index >= 15 is 0 Å². The maximum absolute atomic E-state index is 13.1. The number of hydrogen-bond donors (Lipinski definition) is 1. The summed E-state index contributed by atoms with van der Waals surface area (Å²) in [7, 11) is 1.78. The van der Waals surface area contributed by atoms with Crippen LogP contribution in [0.4, 0.5) is 19.1 Å². The molecule has 3 heterocycles. The fourth-order valence-corrected chi connectivity index (χ4v) is 3.30. The minimum absolute atomic E-state index is 0.00828. The molecule has 9 nitrogen and oxygen atoms in total. The third-order valence-electron chi connectivity index (χ3n) is 4.89. The van der Waals surface area contributed by atoms with Crippen LogP contribution in [-0.2, 0) is 24.6 Å². The van der Waals surface area contributed by atoms with Crippen molar-refractivity contribution in [2.24, 2.45) is 7.05 Å². The molecule has 0 radical (unpaired) electrons. The molecule has 4 aromatic rings. The average Bonchev–Trinajstić information content (AvgIpc) is 3.09. The number of alkyl halides is 3. The minimum atomic E-state index is -4.55. The number of carbonyl (C=O) groups is 1. The summed E-state index contributed by atoms with van der Waals surface area (Å²) in [4.78, 5) is 37.6. The molecule has 1 aromatic carbocycles. The minimum Gasteiger partial charge on any atom is -0.331 e. The highest BCUT2D eigenvalue weighted by molar-refractivity contribution is 5.90. The summed E-state index contributed by atoms with van der Waals surface area (Å²) < 4.78 is 42.0. The van der Waals surface area contributed by atoms with Crippen molar-refractivity contribution in [2.75, 3.05) is 5.32 Å². The molecule has 0 saturated carbocycles. The molecule has 1 N–H and O–H groups in total. The molecule has 0 spiro atoms. The molecule has 166 valence electrons. The Kier molecular flexibility index (Phi) is 5.15. The Hall–Kier alpha value is -3.83. The first-order chi connectivity index (χ1) is 15.0. The lowest BCUT2D eigenvalue weighted by molar-refractivity contribution is -0.137.